The number of carbonyl (C=O) groups is 1. The molecular formula is C11H9N3O4. The molecule has 1 fully saturated rings. The summed E-state index contributed by atoms with van der Waals surface area (Å²) in [6, 6.07) is 7.28. The number of nitro groups is 1. The largest absolute Gasteiger partial charge is 0.415 e. The molecule has 1 aliphatic rings. The lowest BCUT2D eigenvalue weighted by atomic mass is 10.0. The van der Waals surface area contributed by atoms with Crippen molar-refractivity contribution in [2.75, 3.05) is 13.1 Å². The van der Waals surface area contributed by atoms with Crippen LogP contribution in [0.25, 0.3) is 0 Å². The number of non-ortho nitro benzene ring substituents is 1. The van der Waals surface area contributed by atoms with Gasteiger partial charge in [-0.05, 0) is 12.1 Å². The number of ether oxygens (including phenoxy) is 1. The maximum atomic E-state index is 11.5. The highest BCUT2D eigenvalue weighted by molar-refractivity contribution is 5.71. The van der Waals surface area contributed by atoms with Crippen LogP contribution in [0, 0.1) is 27.4 Å². The van der Waals surface area contributed by atoms with Crippen molar-refractivity contribution in [2.24, 2.45) is 5.92 Å². The molecule has 2 rings (SSSR count). The Bertz CT molecular complexity index is 514. The van der Waals surface area contributed by atoms with E-state index in [2.05, 4.69) is 0 Å². The van der Waals surface area contributed by atoms with Crippen molar-refractivity contribution in [3.05, 3.63) is 34.4 Å². The lowest BCUT2D eigenvalue weighted by molar-refractivity contribution is -0.384. The van der Waals surface area contributed by atoms with Crippen LogP contribution in [0.3, 0.4) is 0 Å². The fourth-order valence-electron chi connectivity index (χ4n) is 1.51. The van der Waals surface area contributed by atoms with Gasteiger partial charge in [0.25, 0.3) is 5.69 Å². The van der Waals surface area contributed by atoms with Gasteiger partial charge in [0.15, 0.2) is 0 Å². The smallest absolute Gasteiger partial charge is 0.410 e. The monoisotopic (exact) mass is 247 g/mol. The second-order valence-electron chi connectivity index (χ2n) is 3.85. The summed E-state index contributed by atoms with van der Waals surface area (Å²) in [7, 11) is 0. The first-order chi connectivity index (χ1) is 8.60. The number of rotatable bonds is 2. The van der Waals surface area contributed by atoms with E-state index in [0.717, 1.165) is 0 Å². The molecular weight excluding hydrogens is 238 g/mol. The molecule has 1 amide bonds. The van der Waals surface area contributed by atoms with Crippen LogP contribution in [0.4, 0.5) is 10.5 Å². The van der Waals surface area contributed by atoms with Crippen LogP contribution in [-0.4, -0.2) is 29.0 Å². The van der Waals surface area contributed by atoms with Gasteiger partial charge in [0.2, 0.25) is 0 Å². The van der Waals surface area contributed by atoms with E-state index < -0.39 is 11.0 Å². The number of nitro benzene ring substituents is 1. The first-order valence-corrected chi connectivity index (χ1v) is 5.21. The number of hydrogen-bond acceptors (Lipinski definition) is 5. The van der Waals surface area contributed by atoms with E-state index in [9.17, 15) is 14.9 Å². The Hall–Kier alpha value is -2.62. The van der Waals surface area contributed by atoms with Crippen LogP contribution < -0.4 is 4.74 Å². The molecule has 0 atom stereocenters. The minimum Gasteiger partial charge on any atom is -0.410 e. The third-order valence-corrected chi connectivity index (χ3v) is 2.58. The van der Waals surface area contributed by atoms with Crippen LogP contribution in [0.2, 0.25) is 0 Å². The number of carbonyl (C=O) groups excluding carboxylic acids is 1. The highest BCUT2D eigenvalue weighted by atomic mass is 16.6. The molecule has 0 saturated carbocycles. The van der Waals surface area contributed by atoms with Gasteiger partial charge in [0.05, 0.1) is 16.9 Å². The van der Waals surface area contributed by atoms with Crippen LogP contribution >= 0.6 is 0 Å². The van der Waals surface area contributed by atoms with E-state index in [1.54, 1.807) is 0 Å². The van der Waals surface area contributed by atoms with Gasteiger partial charge in [-0.25, -0.2) is 4.79 Å². The standard InChI is InChI=1S/C11H9N3O4/c12-5-8-6-13(7-8)11(15)18-10-3-1-9(2-4-10)14(16)17/h1-4,8H,6-7H2. The van der Waals surface area contributed by atoms with Gasteiger partial charge in [-0.3, -0.25) is 10.1 Å². The minimum absolute atomic E-state index is 0.0664. The average molecular weight is 247 g/mol. The van der Waals surface area contributed by atoms with E-state index in [1.165, 1.54) is 29.2 Å². The van der Waals surface area contributed by atoms with Crippen LogP contribution in [0.5, 0.6) is 5.75 Å². The van der Waals surface area contributed by atoms with Crippen molar-refractivity contribution < 1.29 is 14.5 Å². The zero-order chi connectivity index (χ0) is 13.1. The Kier molecular flexibility index (Phi) is 3.10. The van der Waals surface area contributed by atoms with Crippen molar-refractivity contribution in [1.82, 2.24) is 4.90 Å². The fourth-order valence-corrected chi connectivity index (χ4v) is 1.51. The molecule has 1 aromatic carbocycles. The second-order valence-corrected chi connectivity index (χ2v) is 3.85. The van der Waals surface area contributed by atoms with Gasteiger partial charge in [-0.1, -0.05) is 0 Å². The summed E-state index contributed by atoms with van der Waals surface area (Å²) in [4.78, 5) is 22.8. The fraction of sp³-hybridized carbons (Fsp3) is 0.273. The Morgan fingerprint density at radius 2 is 2.06 bits per heavy atom. The highest BCUT2D eigenvalue weighted by Gasteiger charge is 2.31. The lowest BCUT2D eigenvalue weighted by Gasteiger charge is -2.33. The van der Waals surface area contributed by atoms with Crippen molar-refractivity contribution in [2.45, 2.75) is 0 Å². The first kappa shape index (κ1) is 11.9. The number of likely N-dealkylation sites (tertiary alicyclic amines) is 1. The van der Waals surface area contributed by atoms with E-state index in [-0.39, 0.29) is 17.4 Å². The van der Waals surface area contributed by atoms with Crippen LogP contribution in [0.1, 0.15) is 0 Å². The lowest BCUT2D eigenvalue weighted by Crippen LogP contribution is -2.50. The zero-order valence-corrected chi connectivity index (χ0v) is 9.28. The summed E-state index contributed by atoms with van der Waals surface area (Å²) in [6.07, 6.45) is -0.546. The second kappa shape index (κ2) is 4.71. The molecule has 0 spiro atoms. The Balaban J connectivity index is 1.92. The zero-order valence-electron chi connectivity index (χ0n) is 9.28. The van der Waals surface area contributed by atoms with E-state index in [1.807, 2.05) is 6.07 Å². The molecule has 0 bridgehead atoms. The minimum atomic E-state index is -0.546. The van der Waals surface area contributed by atoms with Gasteiger partial charge in [0, 0.05) is 25.2 Å². The van der Waals surface area contributed by atoms with Crippen molar-refractivity contribution in [3.8, 4) is 11.8 Å². The van der Waals surface area contributed by atoms with Gasteiger partial charge < -0.3 is 9.64 Å². The van der Waals surface area contributed by atoms with Crippen LogP contribution in [-0.2, 0) is 0 Å². The van der Waals surface area contributed by atoms with E-state index in [4.69, 9.17) is 10.00 Å². The predicted molar refractivity (Wildman–Crippen MR) is 59.8 cm³/mol. The Labute approximate surface area is 102 Å². The Morgan fingerprint density at radius 3 is 2.56 bits per heavy atom. The average Bonchev–Trinajstić information content (AvgIpc) is 2.28. The van der Waals surface area contributed by atoms with Gasteiger partial charge in [0.1, 0.15) is 5.75 Å². The molecule has 7 heteroatoms. The predicted octanol–water partition coefficient (Wildman–Crippen LogP) is 1.55. The number of hydrogen-bond donors (Lipinski definition) is 0. The molecule has 7 nitrogen and oxygen atoms in total. The topological polar surface area (TPSA) is 96.5 Å². The molecule has 1 aromatic rings. The summed E-state index contributed by atoms with van der Waals surface area (Å²) in [5.74, 6) is 0.111. The molecule has 1 saturated heterocycles. The molecule has 1 aliphatic heterocycles. The number of nitrogens with zero attached hydrogens (tertiary/aromatic N) is 3. The molecule has 0 unspecified atom stereocenters. The highest BCUT2D eigenvalue weighted by Crippen LogP contribution is 2.20. The SMILES string of the molecule is N#CC1CN(C(=O)Oc2ccc([N+](=O)[O-])cc2)C1. The van der Waals surface area contributed by atoms with E-state index >= 15 is 0 Å². The van der Waals surface area contributed by atoms with Crippen molar-refractivity contribution in [1.29, 1.82) is 5.26 Å². The maximum Gasteiger partial charge on any atom is 0.415 e. The van der Waals surface area contributed by atoms with Gasteiger partial charge in [-0.15, -0.1) is 0 Å². The first-order valence-electron chi connectivity index (χ1n) is 5.21. The molecule has 0 N–H and O–H groups in total. The van der Waals surface area contributed by atoms with Crippen molar-refractivity contribution in [3.63, 3.8) is 0 Å². The van der Waals surface area contributed by atoms with Crippen molar-refractivity contribution >= 4 is 11.8 Å². The maximum absolute atomic E-state index is 11.5. The Morgan fingerprint density at radius 1 is 1.44 bits per heavy atom. The molecule has 0 aromatic heterocycles. The third-order valence-electron chi connectivity index (χ3n) is 2.58. The van der Waals surface area contributed by atoms with Gasteiger partial charge >= 0.3 is 6.09 Å². The molecule has 1 heterocycles. The van der Waals surface area contributed by atoms with Crippen LogP contribution in [0.15, 0.2) is 24.3 Å². The summed E-state index contributed by atoms with van der Waals surface area (Å²) in [5, 5.41) is 19.0. The molecule has 0 radical (unpaired) electrons. The molecule has 18 heavy (non-hydrogen) atoms. The number of nitriles is 1. The summed E-state index contributed by atoms with van der Waals surface area (Å²) < 4.78 is 5.00. The summed E-state index contributed by atoms with van der Waals surface area (Å²) >= 11 is 0. The third kappa shape index (κ3) is 2.38. The van der Waals surface area contributed by atoms with E-state index in [0.29, 0.717) is 13.1 Å². The summed E-state index contributed by atoms with van der Waals surface area (Å²) in [6.45, 7) is 0.727. The number of benzene rings is 1. The molecule has 0 aliphatic carbocycles. The van der Waals surface area contributed by atoms with Gasteiger partial charge in [-0.2, -0.15) is 5.26 Å². The quantitative estimate of drug-likeness (QED) is 0.583. The number of amides is 1. The normalized spacial score (nSPS) is 14.5. The summed E-state index contributed by atoms with van der Waals surface area (Å²) in [5.41, 5.74) is -0.0664. The molecule has 92 valence electrons.